The summed E-state index contributed by atoms with van der Waals surface area (Å²) in [5, 5.41) is 0. The molecule has 5 heteroatoms. The number of benzene rings is 1. The zero-order valence-corrected chi connectivity index (χ0v) is 19.1. The molecule has 0 spiro atoms. The van der Waals surface area contributed by atoms with Gasteiger partial charge in [-0.1, -0.05) is 43.1 Å². The van der Waals surface area contributed by atoms with E-state index in [-0.39, 0.29) is 19.6 Å². The number of methoxy groups -OCH3 is 1. The first-order valence-electron chi connectivity index (χ1n) is 10.9. The van der Waals surface area contributed by atoms with Crippen molar-refractivity contribution in [3.63, 3.8) is 0 Å². The van der Waals surface area contributed by atoms with Crippen LogP contribution in [0.4, 0.5) is 0 Å². The highest BCUT2D eigenvalue weighted by Gasteiger charge is 2.29. The van der Waals surface area contributed by atoms with Crippen molar-refractivity contribution in [1.82, 2.24) is 0 Å². The van der Waals surface area contributed by atoms with E-state index in [4.69, 9.17) is 18.9 Å². The number of fused-ring (bicyclic) bond motifs is 1. The van der Waals surface area contributed by atoms with Crippen molar-refractivity contribution in [3.05, 3.63) is 46.1 Å². The lowest BCUT2D eigenvalue weighted by molar-refractivity contribution is 0.00387. The summed E-state index contributed by atoms with van der Waals surface area (Å²) >= 11 is 0. The summed E-state index contributed by atoms with van der Waals surface area (Å²) in [6.45, 7) is 8.61. The fourth-order valence-corrected chi connectivity index (χ4v) is 3.50. The second-order valence-corrected chi connectivity index (χ2v) is 7.99. The van der Waals surface area contributed by atoms with Crippen LogP contribution in [0.5, 0.6) is 11.5 Å². The largest absolute Gasteiger partial charge is 0.467 e. The van der Waals surface area contributed by atoms with Gasteiger partial charge in [0.15, 0.2) is 6.79 Å². The van der Waals surface area contributed by atoms with Gasteiger partial charge >= 0.3 is 5.97 Å². The lowest BCUT2D eigenvalue weighted by Gasteiger charge is -2.24. The number of cyclic esters (lactones) is 1. The van der Waals surface area contributed by atoms with Gasteiger partial charge in [0.25, 0.3) is 0 Å². The Balaban J connectivity index is 2.37. The Morgan fingerprint density at radius 3 is 2.67 bits per heavy atom. The highest BCUT2D eigenvalue weighted by atomic mass is 16.7. The Labute approximate surface area is 181 Å². The fraction of sp³-hybridized carbons (Fsp3) is 0.560. The Kier molecular flexibility index (Phi) is 9.95. The van der Waals surface area contributed by atoms with E-state index in [0.717, 1.165) is 49.7 Å². The zero-order chi connectivity index (χ0) is 21.9. The summed E-state index contributed by atoms with van der Waals surface area (Å²) in [4.78, 5) is 12.6. The Morgan fingerprint density at radius 1 is 1.17 bits per heavy atom. The van der Waals surface area contributed by atoms with Gasteiger partial charge in [-0.05, 0) is 64.5 Å². The van der Waals surface area contributed by atoms with Crippen LogP contribution in [0.2, 0.25) is 0 Å². The molecule has 0 fully saturated rings. The molecule has 2 rings (SSSR count). The standard InChI is InChI=1S/C25H36O5/c1-6-7-8-12-20-15-22(28-16-27-5)21(24-23(20)25(26)30-17-29-24)14-13-19(4)11-9-10-18(2)3/h10,13,15H,6-9,11-12,14,16-17H2,1-5H3. The van der Waals surface area contributed by atoms with Gasteiger partial charge in [-0.25, -0.2) is 4.79 Å². The van der Waals surface area contributed by atoms with Gasteiger partial charge in [-0.2, -0.15) is 0 Å². The third kappa shape index (κ3) is 6.91. The molecule has 1 aromatic rings. The monoisotopic (exact) mass is 416 g/mol. The van der Waals surface area contributed by atoms with E-state index in [9.17, 15) is 4.79 Å². The van der Waals surface area contributed by atoms with Gasteiger partial charge in [-0.3, -0.25) is 0 Å². The second kappa shape index (κ2) is 12.4. The molecule has 0 unspecified atom stereocenters. The topological polar surface area (TPSA) is 54.0 Å². The maximum absolute atomic E-state index is 12.6. The third-order valence-corrected chi connectivity index (χ3v) is 5.15. The van der Waals surface area contributed by atoms with E-state index < -0.39 is 0 Å². The van der Waals surface area contributed by atoms with Crippen LogP contribution in [0.25, 0.3) is 0 Å². The van der Waals surface area contributed by atoms with Crippen LogP contribution in [-0.2, 0) is 22.3 Å². The molecular weight excluding hydrogens is 380 g/mol. The number of carbonyl (C=O) groups is 1. The molecule has 0 atom stereocenters. The van der Waals surface area contributed by atoms with Crippen LogP contribution < -0.4 is 9.47 Å². The number of esters is 1. The first kappa shape index (κ1) is 24.0. The SMILES string of the molecule is CCCCCc1cc(OCOC)c(CC=C(C)CCC=C(C)C)c2c1C(=O)OCO2. The van der Waals surface area contributed by atoms with Gasteiger partial charge in [0.2, 0.25) is 6.79 Å². The van der Waals surface area contributed by atoms with Crippen molar-refractivity contribution in [1.29, 1.82) is 0 Å². The lowest BCUT2D eigenvalue weighted by Crippen LogP contribution is -2.22. The van der Waals surface area contributed by atoms with Crippen molar-refractivity contribution in [2.24, 2.45) is 0 Å². The molecule has 1 heterocycles. The molecule has 30 heavy (non-hydrogen) atoms. The normalized spacial score (nSPS) is 13.4. The van der Waals surface area contributed by atoms with Crippen molar-refractivity contribution < 1.29 is 23.7 Å². The van der Waals surface area contributed by atoms with Gasteiger partial charge in [0, 0.05) is 12.7 Å². The number of hydrogen-bond donors (Lipinski definition) is 0. The molecule has 1 aliphatic rings. The predicted octanol–water partition coefficient (Wildman–Crippen LogP) is 6.14. The van der Waals surface area contributed by atoms with Crippen molar-refractivity contribution in [2.45, 2.75) is 72.6 Å². The molecule has 1 aromatic carbocycles. The van der Waals surface area contributed by atoms with Crippen LogP contribution in [0, 0.1) is 0 Å². The third-order valence-electron chi connectivity index (χ3n) is 5.15. The summed E-state index contributed by atoms with van der Waals surface area (Å²) in [5.41, 5.74) is 4.97. The molecular formula is C25H36O5. The summed E-state index contributed by atoms with van der Waals surface area (Å²) in [7, 11) is 1.60. The van der Waals surface area contributed by atoms with Crippen LogP contribution in [0.3, 0.4) is 0 Å². The molecule has 0 aliphatic carbocycles. The quantitative estimate of drug-likeness (QED) is 0.177. The summed E-state index contributed by atoms with van der Waals surface area (Å²) in [6.07, 6.45) is 11.1. The van der Waals surface area contributed by atoms with Crippen molar-refractivity contribution in [3.8, 4) is 11.5 Å². The van der Waals surface area contributed by atoms with Crippen LogP contribution in [0.1, 0.15) is 81.3 Å². The number of hydrogen-bond acceptors (Lipinski definition) is 5. The smallest absolute Gasteiger partial charge is 0.345 e. The lowest BCUT2D eigenvalue weighted by atomic mass is 9.94. The van der Waals surface area contributed by atoms with Gasteiger partial charge in [0.05, 0.1) is 0 Å². The maximum Gasteiger partial charge on any atom is 0.345 e. The molecule has 166 valence electrons. The summed E-state index contributed by atoms with van der Waals surface area (Å²) in [5.74, 6) is 0.997. The first-order valence-corrected chi connectivity index (χ1v) is 10.9. The Hall–Kier alpha value is -2.27. The minimum atomic E-state index is -0.313. The van der Waals surface area contributed by atoms with E-state index in [1.165, 1.54) is 11.1 Å². The fourth-order valence-electron chi connectivity index (χ4n) is 3.50. The molecule has 0 N–H and O–H groups in total. The number of unbranched alkanes of at least 4 members (excludes halogenated alkanes) is 2. The predicted molar refractivity (Wildman–Crippen MR) is 119 cm³/mol. The molecule has 0 saturated carbocycles. The maximum atomic E-state index is 12.6. The second-order valence-electron chi connectivity index (χ2n) is 7.99. The molecule has 0 amide bonds. The number of aryl methyl sites for hydroxylation is 1. The molecule has 0 radical (unpaired) electrons. The van der Waals surface area contributed by atoms with E-state index in [2.05, 4.69) is 39.8 Å². The van der Waals surface area contributed by atoms with E-state index in [1.807, 2.05) is 6.07 Å². The van der Waals surface area contributed by atoms with Crippen LogP contribution >= 0.6 is 0 Å². The number of rotatable bonds is 12. The molecule has 0 aromatic heterocycles. The summed E-state index contributed by atoms with van der Waals surface area (Å²) < 4.78 is 22.0. The Bertz CT molecular complexity index is 772. The number of allylic oxidation sites excluding steroid dienone is 4. The van der Waals surface area contributed by atoms with E-state index >= 15 is 0 Å². The average molecular weight is 417 g/mol. The number of carbonyl (C=O) groups excluding carboxylic acids is 1. The van der Waals surface area contributed by atoms with E-state index in [0.29, 0.717) is 23.5 Å². The minimum absolute atomic E-state index is 0.0652. The van der Waals surface area contributed by atoms with Crippen molar-refractivity contribution >= 4 is 5.97 Å². The minimum Gasteiger partial charge on any atom is -0.467 e. The van der Waals surface area contributed by atoms with Crippen LogP contribution in [0.15, 0.2) is 29.4 Å². The molecule has 1 aliphatic heterocycles. The first-order chi connectivity index (χ1) is 14.5. The zero-order valence-electron chi connectivity index (χ0n) is 19.1. The number of ether oxygens (including phenoxy) is 4. The molecule has 0 bridgehead atoms. The highest BCUT2D eigenvalue weighted by Crippen LogP contribution is 2.39. The molecule has 5 nitrogen and oxygen atoms in total. The van der Waals surface area contributed by atoms with Crippen LogP contribution in [-0.4, -0.2) is 26.7 Å². The highest BCUT2D eigenvalue weighted by molar-refractivity contribution is 5.96. The Morgan fingerprint density at radius 2 is 1.97 bits per heavy atom. The molecule has 0 saturated heterocycles. The van der Waals surface area contributed by atoms with Gasteiger partial charge < -0.3 is 18.9 Å². The average Bonchev–Trinajstić information content (AvgIpc) is 2.71. The summed E-state index contributed by atoms with van der Waals surface area (Å²) in [6, 6.07) is 1.96. The van der Waals surface area contributed by atoms with Crippen molar-refractivity contribution in [2.75, 3.05) is 20.7 Å². The van der Waals surface area contributed by atoms with E-state index in [1.54, 1.807) is 7.11 Å². The van der Waals surface area contributed by atoms with Gasteiger partial charge in [0.1, 0.15) is 17.1 Å². The van der Waals surface area contributed by atoms with Gasteiger partial charge in [-0.15, -0.1) is 0 Å².